The normalized spacial score (nSPS) is 13.8. The van der Waals surface area contributed by atoms with Gasteiger partial charge in [0.15, 0.2) is 0 Å². The Kier molecular flexibility index (Phi) is 7.96. The maximum Gasteiger partial charge on any atom is 0.138 e. The summed E-state index contributed by atoms with van der Waals surface area (Å²) in [4.78, 5) is 11.5. The minimum Gasteiger partial charge on any atom is -0.299 e. The van der Waals surface area contributed by atoms with Gasteiger partial charge in [-0.05, 0) is 22.2 Å². The first kappa shape index (κ1) is 22.9. The predicted octanol–water partition coefficient (Wildman–Crippen LogP) is 6.75. The van der Waals surface area contributed by atoms with E-state index in [1.165, 1.54) is 0 Å². The topological polar surface area (TPSA) is 17.1 Å². The number of carbonyl (C=O) groups is 1. The number of hydrogen-bond acceptors (Lipinski definition) is 1. The molecule has 0 radical (unpaired) electrons. The van der Waals surface area contributed by atoms with Crippen LogP contribution in [0.5, 0.6) is 0 Å². The average molecular weight is 299 g/mol. The fraction of sp³-hybridized carbons (Fsp3) is 0.950. The zero-order chi connectivity index (χ0) is 17.9. The van der Waals surface area contributed by atoms with Crippen molar-refractivity contribution in [2.45, 2.75) is 96.4 Å². The molecule has 0 fully saturated rings. The number of rotatable bonds is 1. The van der Waals surface area contributed by atoms with Gasteiger partial charge in [0.2, 0.25) is 0 Å². The molecule has 21 heavy (non-hydrogen) atoms. The molecule has 0 aromatic carbocycles. The summed E-state index contributed by atoms with van der Waals surface area (Å²) < 4.78 is 0. The summed E-state index contributed by atoms with van der Waals surface area (Å²) in [6.45, 7) is 28.4. The molecule has 0 rings (SSSR count). The van der Waals surface area contributed by atoms with Gasteiger partial charge in [-0.1, -0.05) is 90.0 Å². The first-order valence-corrected chi connectivity index (χ1v) is 8.32. The van der Waals surface area contributed by atoms with Gasteiger partial charge in [0.05, 0.1) is 0 Å². The Bertz CT molecular complexity index is 296. The Morgan fingerprint density at radius 3 is 1.05 bits per heavy atom. The molecule has 0 N–H and O–H groups in total. The summed E-state index contributed by atoms with van der Waals surface area (Å²) in [5, 5.41) is 0. The van der Waals surface area contributed by atoms with Gasteiger partial charge in [-0.25, -0.2) is 0 Å². The SMILES string of the molecule is CC(C(C)(C)C)C(C)(C)C.CC(C)(C)CC(=O)C(C)(C)C. The lowest BCUT2D eigenvalue weighted by Crippen LogP contribution is -2.29. The Morgan fingerprint density at radius 2 is 1.00 bits per heavy atom. The van der Waals surface area contributed by atoms with Crippen LogP contribution in [0.4, 0.5) is 0 Å². The largest absolute Gasteiger partial charge is 0.299 e. The minimum atomic E-state index is -0.173. The lowest BCUT2D eigenvalue weighted by atomic mass is 9.68. The van der Waals surface area contributed by atoms with Crippen molar-refractivity contribution in [3.05, 3.63) is 0 Å². The summed E-state index contributed by atoms with van der Waals surface area (Å²) in [5.74, 6) is 1.12. The highest BCUT2D eigenvalue weighted by atomic mass is 16.1. The molecule has 128 valence electrons. The van der Waals surface area contributed by atoms with E-state index in [0.717, 1.165) is 5.92 Å². The second kappa shape index (κ2) is 7.29. The molecule has 0 aromatic heterocycles. The van der Waals surface area contributed by atoms with Crippen LogP contribution in [-0.2, 0) is 4.79 Å². The van der Waals surface area contributed by atoms with Crippen molar-refractivity contribution in [1.29, 1.82) is 0 Å². The van der Waals surface area contributed by atoms with E-state index in [0.29, 0.717) is 23.0 Å². The van der Waals surface area contributed by atoms with Crippen molar-refractivity contribution >= 4 is 5.78 Å². The van der Waals surface area contributed by atoms with Crippen molar-refractivity contribution in [3.8, 4) is 0 Å². The summed E-state index contributed by atoms with van der Waals surface area (Å²) in [5.41, 5.74) is 0.841. The summed E-state index contributed by atoms with van der Waals surface area (Å²) in [6.07, 6.45) is 0.677. The molecule has 1 heteroatoms. The van der Waals surface area contributed by atoms with Gasteiger partial charge in [0.1, 0.15) is 5.78 Å². The summed E-state index contributed by atoms with van der Waals surface area (Å²) in [7, 11) is 0. The third kappa shape index (κ3) is 12.0. The Balaban J connectivity index is 0. The second-order valence-electron chi connectivity index (χ2n) is 10.9. The molecule has 0 aliphatic heterocycles. The van der Waals surface area contributed by atoms with E-state index in [-0.39, 0.29) is 10.8 Å². The van der Waals surface area contributed by atoms with E-state index >= 15 is 0 Å². The van der Waals surface area contributed by atoms with Gasteiger partial charge < -0.3 is 0 Å². The molecular formula is C20H42O. The molecule has 0 heterocycles. The minimum absolute atomic E-state index is 0.129. The number of carbonyl (C=O) groups excluding carboxylic acids is 1. The molecule has 0 amide bonds. The van der Waals surface area contributed by atoms with E-state index in [1.807, 2.05) is 20.8 Å². The van der Waals surface area contributed by atoms with E-state index in [1.54, 1.807) is 0 Å². The van der Waals surface area contributed by atoms with Crippen LogP contribution in [0.25, 0.3) is 0 Å². The average Bonchev–Trinajstić information content (AvgIpc) is 2.10. The molecule has 0 spiro atoms. The van der Waals surface area contributed by atoms with Crippen LogP contribution in [0.1, 0.15) is 96.4 Å². The fourth-order valence-electron chi connectivity index (χ4n) is 2.05. The number of Topliss-reactive ketones (excluding diaryl/α,β-unsaturated/α-hetero) is 1. The van der Waals surface area contributed by atoms with E-state index in [9.17, 15) is 4.79 Å². The first-order valence-electron chi connectivity index (χ1n) is 8.32. The fourth-order valence-corrected chi connectivity index (χ4v) is 2.05. The van der Waals surface area contributed by atoms with Crippen LogP contribution in [0, 0.1) is 27.6 Å². The molecule has 0 aliphatic carbocycles. The van der Waals surface area contributed by atoms with Crippen LogP contribution >= 0.6 is 0 Å². The van der Waals surface area contributed by atoms with E-state index in [2.05, 4.69) is 69.2 Å². The Hall–Kier alpha value is -0.330. The standard InChI is InChI=1S/C10H20O.C10H22/c1-9(2,3)7-8(11)10(4,5)6;1-8(9(2,3)4)10(5,6)7/h7H2,1-6H3;8H,1-7H3. The van der Waals surface area contributed by atoms with Crippen molar-refractivity contribution < 1.29 is 4.79 Å². The maximum atomic E-state index is 11.5. The molecule has 0 unspecified atom stereocenters. The van der Waals surface area contributed by atoms with Gasteiger partial charge >= 0.3 is 0 Å². The quantitative estimate of drug-likeness (QED) is 0.523. The van der Waals surface area contributed by atoms with Gasteiger partial charge in [0.25, 0.3) is 0 Å². The lowest BCUT2D eigenvalue weighted by Gasteiger charge is -2.38. The number of ketones is 1. The van der Waals surface area contributed by atoms with Crippen molar-refractivity contribution in [2.75, 3.05) is 0 Å². The molecule has 0 atom stereocenters. The molecule has 0 bridgehead atoms. The highest BCUT2D eigenvalue weighted by Crippen LogP contribution is 2.38. The lowest BCUT2D eigenvalue weighted by molar-refractivity contribution is -0.128. The highest BCUT2D eigenvalue weighted by Gasteiger charge is 2.30. The first-order chi connectivity index (χ1) is 8.78. The predicted molar refractivity (Wildman–Crippen MR) is 96.6 cm³/mol. The Labute approximate surface area is 135 Å². The zero-order valence-corrected chi connectivity index (χ0v) is 17.2. The molecule has 0 aliphatic rings. The summed E-state index contributed by atoms with van der Waals surface area (Å²) >= 11 is 0. The molecule has 0 saturated heterocycles. The Morgan fingerprint density at radius 1 is 0.714 bits per heavy atom. The van der Waals surface area contributed by atoms with Crippen LogP contribution < -0.4 is 0 Å². The van der Waals surface area contributed by atoms with E-state index in [4.69, 9.17) is 0 Å². The van der Waals surface area contributed by atoms with Crippen LogP contribution in [-0.4, -0.2) is 5.78 Å². The van der Waals surface area contributed by atoms with Crippen LogP contribution in [0.2, 0.25) is 0 Å². The monoisotopic (exact) mass is 298 g/mol. The highest BCUT2D eigenvalue weighted by molar-refractivity contribution is 5.84. The van der Waals surface area contributed by atoms with Crippen molar-refractivity contribution in [1.82, 2.24) is 0 Å². The summed E-state index contributed by atoms with van der Waals surface area (Å²) in [6, 6.07) is 0. The van der Waals surface area contributed by atoms with Crippen molar-refractivity contribution in [3.63, 3.8) is 0 Å². The van der Waals surface area contributed by atoms with Gasteiger partial charge in [-0.15, -0.1) is 0 Å². The van der Waals surface area contributed by atoms with Gasteiger partial charge in [0, 0.05) is 11.8 Å². The number of hydrogen-bond donors (Lipinski definition) is 0. The molecule has 0 saturated carbocycles. The molecule has 0 aromatic rings. The van der Waals surface area contributed by atoms with Crippen LogP contribution in [0.15, 0.2) is 0 Å². The third-order valence-electron chi connectivity index (χ3n) is 4.13. The van der Waals surface area contributed by atoms with E-state index < -0.39 is 0 Å². The molecule has 1 nitrogen and oxygen atoms in total. The van der Waals surface area contributed by atoms with Gasteiger partial charge in [-0.2, -0.15) is 0 Å². The third-order valence-corrected chi connectivity index (χ3v) is 4.13. The van der Waals surface area contributed by atoms with Crippen molar-refractivity contribution in [2.24, 2.45) is 27.6 Å². The molecular weight excluding hydrogens is 256 g/mol. The zero-order valence-electron chi connectivity index (χ0n) is 17.2. The van der Waals surface area contributed by atoms with Gasteiger partial charge in [-0.3, -0.25) is 4.79 Å². The smallest absolute Gasteiger partial charge is 0.138 e. The maximum absolute atomic E-state index is 11.5. The second-order valence-corrected chi connectivity index (χ2v) is 10.9. The van der Waals surface area contributed by atoms with Crippen LogP contribution in [0.3, 0.4) is 0 Å².